The summed E-state index contributed by atoms with van der Waals surface area (Å²) in [4.78, 5) is 20.4. The zero-order valence-corrected chi connectivity index (χ0v) is 19.5. The Morgan fingerprint density at radius 1 is 1.06 bits per heavy atom. The number of hydrogen-bond acceptors (Lipinski definition) is 4. The maximum absolute atomic E-state index is 12.0. The second kappa shape index (κ2) is 11.4. The van der Waals surface area contributed by atoms with Crippen LogP contribution in [-0.2, 0) is 21.6 Å². The molecule has 31 heavy (non-hydrogen) atoms. The summed E-state index contributed by atoms with van der Waals surface area (Å²) in [5, 5.41) is 26.8. The van der Waals surface area contributed by atoms with Crippen LogP contribution in [0.3, 0.4) is 0 Å². The van der Waals surface area contributed by atoms with Crippen molar-refractivity contribution < 1.29 is 24.9 Å². The number of aliphatic hydroxyl groups is 1. The van der Waals surface area contributed by atoms with E-state index >= 15 is 0 Å². The Labute approximate surface area is 191 Å². The van der Waals surface area contributed by atoms with Gasteiger partial charge in [0.1, 0.15) is 0 Å². The van der Waals surface area contributed by atoms with Gasteiger partial charge in [-0.05, 0) is 81.6 Å². The lowest BCUT2D eigenvalue weighted by Gasteiger charge is -2.37. The molecule has 2 atom stereocenters. The molecule has 0 amide bonds. The van der Waals surface area contributed by atoms with Crippen molar-refractivity contribution in [2.75, 3.05) is 20.6 Å². The minimum atomic E-state index is -1.82. The van der Waals surface area contributed by atoms with Gasteiger partial charge in [0, 0.05) is 10.4 Å². The average molecular weight is 492 g/mol. The highest BCUT2D eigenvalue weighted by Crippen LogP contribution is 2.47. The number of hydrogen-bond donors (Lipinski definition) is 3. The van der Waals surface area contributed by atoms with Gasteiger partial charge in [-0.1, -0.05) is 52.3 Å². The maximum Gasteiger partial charge on any atom is 0.414 e. The number of carbonyl (C=O) groups is 2. The lowest BCUT2D eigenvalue weighted by Crippen LogP contribution is -2.34. The summed E-state index contributed by atoms with van der Waals surface area (Å²) in [6, 6.07) is 17.0. The predicted molar refractivity (Wildman–Crippen MR) is 123 cm³/mol. The van der Waals surface area contributed by atoms with E-state index in [2.05, 4.69) is 83.5 Å². The second-order valence-corrected chi connectivity index (χ2v) is 9.01. The molecule has 1 aliphatic carbocycles. The third-order valence-electron chi connectivity index (χ3n) is 5.62. The lowest BCUT2D eigenvalue weighted by molar-refractivity contribution is -0.159. The number of carboxylic acids is 2. The molecular formula is C24H30BrNO5. The van der Waals surface area contributed by atoms with Crippen LogP contribution in [0.1, 0.15) is 48.3 Å². The number of nitrogens with zero attached hydrogens (tertiary/aromatic N) is 1. The Kier molecular flexibility index (Phi) is 9.22. The van der Waals surface area contributed by atoms with Gasteiger partial charge in [-0.2, -0.15) is 0 Å². The first-order valence-corrected chi connectivity index (χ1v) is 11.1. The molecule has 1 aliphatic rings. The fourth-order valence-corrected chi connectivity index (χ4v) is 4.46. The molecule has 0 aliphatic heterocycles. The largest absolute Gasteiger partial charge is 0.473 e. The van der Waals surface area contributed by atoms with E-state index in [9.17, 15) is 5.11 Å². The van der Waals surface area contributed by atoms with Crippen LogP contribution in [0.25, 0.3) is 0 Å². The number of benzene rings is 2. The summed E-state index contributed by atoms with van der Waals surface area (Å²) in [6.07, 6.45) is 4.98. The Bertz CT molecular complexity index is 872. The highest BCUT2D eigenvalue weighted by atomic mass is 79.9. The molecule has 3 N–H and O–H groups in total. The van der Waals surface area contributed by atoms with Gasteiger partial charge in [0.05, 0.1) is 5.60 Å². The van der Waals surface area contributed by atoms with Gasteiger partial charge in [-0.15, -0.1) is 0 Å². The Morgan fingerprint density at radius 2 is 1.68 bits per heavy atom. The number of rotatable bonds is 5. The first kappa shape index (κ1) is 25.0. The number of carboxylic acid groups (broad SMARTS) is 2. The molecule has 168 valence electrons. The quantitative estimate of drug-likeness (QED) is 0.427. The summed E-state index contributed by atoms with van der Waals surface area (Å²) in [7, 11) is 4.19. The zero-order valence-electron chi connectivity index (χ0n) is 17.9. The van der Waals surface area contributed by atoms with Crippen molar-refractivity contribution in [1.29, 1.82) is 0 Å². The number of halogens is 1. The summed E-state index contributed by atoms with van der Waals surface area (Å²) in [5.41, 5.74) is 2.90. The van der Waals surface area contributed by atoms with Gasteiger partial charge in [-0.25, -0.2) is 9.59 Å². The molecule has 0 saturated heterocycles. The molecule has 0 fully saturated rings. The molecule has 0 radical (unpaired) electrons. The summed E-state index contributed by atoms with van der Waals surface area (Å²) >= 11 is 3.53. The van der Waals surface area contributed by atoms with Crippen LogP contribution in [0, 0.1) is 0 Å². The van der Waals surface area contributed by atoms with Gasteiger partial charge in [-0.3, -0.25) is 0 Å². The van der Waals surface area contributed by atoms with E-state index in [0.29, 0.717) is 0 Å². The number of aryl methyl sites for hydroxylation is 1. The van der Waals surface area contributed by atoms with Gasteiger partial charge in [0.15, 0.2) is 0 Å². The van der Waals surface area contributed by atoms with Crippen LogP contribution in [0.5, 0.6) is 0 Å². The first-order valence-electron chi connectivity index (χ1n) is 10.3. The van der Waals surface area contributed by atoms with Crippen LogP contribution >= 0.6 is 15.9 Å². The van der Waals surface area contributed by atoms with E-state index in [1.807, 2.05) is 0 Å². The lowest BCUT2D eigenvalue weighted by atomic mass is 9.73. The van der Waals surface area contributed by atoms with Gasteiger partial charge in [0.25, 0.3) is 0 Å². The molecule has 0 spiro atoms. The van der Waals surface area contributed by atoms with E-state index in [-0.39, 0.29) is 5.92 Å². The number of aliphatic carboxylic acids is 2. The topological polar surface area (TPSA) is 98.1 Å². The molecule has 0 heterocycles. The smallest absolute Gasteiger partial charge is 0.414 e. The monoisotopic (exact) mass is 491 g/mol. The maximum atomic E-state index is 12.0. The first-order chi connectivity index (χ1) is 14.6. The zero-order chi connectivity index (χ0) is 23.0. The van der Waals surface area contributed by atoms with E-state index in [1.165, 1.54) is 11.1 Å². The minimum Gasteiger partial charge on any atom is -0.473 e. The third-order valence-corrected chi connectivity index (χ3v) is 6.15. The molecule has 2 aromatic carbocycles. The Hall–Kier alpha value is -2.22. The summed E-state index contributed by atoms with van der Waals surface area (Å²) in [6.45, 7) is 0.998. The molecule has 7 heteroatoms. The fourth-order valence-electron chi connectivity index (χ4n) is 4.19. The Balaban J connectivity index is 0.000000501. The molecule has 0 aromatic heterocycles. The van der Waals surface area contributed by atoms with Crippen molar-refractivity contribution in [3.8, 4) is 0 Å². The van der Waals surface area contributed by atoms with Gasteiger partial charge in [0.2, 0.25) is 0 Å². The molecule has 2 aromatic rings. The van der Waals surface area contributed by atoms with Crippen LogP contribution < -0.4 is 0 Å². The van der Waals surface area contributed by atoms with Crippen LogP contribution in [0.4, 0.5) is 0 Å². The standard InChI is InChI=1S/C22H28BrNO.C2H2O4/c1-24(2)16-6-15-22(25)20-9-4-3-7-17(20)8-5-10-21(22)18-11-13-19(23)14-12-18;3-1(4)2(5)6/h3-4,7,9,11-14,21,25H,5-6,8,10,15-16H2,1-2H3;(H,3,4)(H,5,6). The van der Waals surface area contributed by atoms with Crippen LogP contribution in [-0.4, -0.2) is 52.8 Å². The van der Waals surface area contributed by atoms with Crippen molar-refractivity contribution in [2.24, 2.45) is 0 Å². The third kappa shape index (κ3) is 6.89. The van der Waals surface area contributed by atoms with Crippen molar-refractivity contribution >= 4 is 27.9 Å². The van der Waals surface area contributed by atoms with Gasteiger partial charge >= 0.3 is 11.9 Å². The predicted octanol–water partition coefficient (Wildman–Crippen LogP) is 4.25. The highest BCUT2D eigenvalue weighted by molar-refractivity contribution is 9.10. The van der Waals surface area contributed by atoms with E-state index in [0.717, 1.165) is 48.7 Å². The molecule has 0 bridgehead atoms. The highest BCUT2D eigenvalue weighted by Gasteiger charge is 2.41. The summed E-state index contributed by atoms with van der Waals surface area (Å²) < 4.78 is 1.08. The molecule has 2 unspecified atom stereocenters. The van der Waals surface area contributed by atoms with Crippen molar-refractivity contribution in [3.05, 3.63) is 69.7 Å². The second-order valence-electron chi connectivity index (χ2n) is 8.09. The molecule has 6 nitrogen and oxygen atoms in total. The normalized spacial score (nSPS) is 20.2. The van der Waals surface area contributed by atoms with Crippen LogP contribution in [0.2, 0.25) is 0 Å². The average Bonchev–Trinajstić information content (AvgIpc) is 2.86. The SMILES string of the molecule is CN(C)CCCC1(O)c2ccccc2CCCC1c1ccc(Br)cc1.O=C(O)C(=O)O. The molecule has 0 saturated carbocycles. The van der Waals surface area contributed by atoms with Crippen molar-refractivity contribution in [1.82, 2.24) is 4.90 Å². The molecule has 3 rings (SSSR count). The fraction of sp³-hybridized carbons (Fsp3) is 0.417. The van der Waals surface area contributed by atoms with E-state index < -0.39 is 17.5 Å². The van der Waals surface area contributed by atoms with Crippen molar-refractivity contribution in [2.45, 2.75) is 43.6 Å². The minimum absolute atomic E-state index is 0.145. The van der Waals surface area contributed by atoms with E-state index in [4.69, 9.17) is 19.8 Å². The number of fused-ring (bicyclic) bond motifs is 1. The molecular weight excluding hydrogens is 462 g/mol. The Morgan fingerprint density at radius 3 is 2.26 bits per heavy atom. The van der Waals surface area contributed by atoms with E-state index in [1.54, 1.807) is 0 Å². The summed E-state index contributed by atoms with van der Waals surface area (Å²) in [5.74, 6) is -3.50. The van der Waals surface area contributed by atoms with Crippen molar-refractivity contribution in [3.63, 3.8) is 0 Å². The van der Waals surface area contributed by atoms with Gasteiger partial charge < -0.3 is 20.2 Å². The van der Waals surface area contributed by atoms with Crippen LogP contribution in [0.15, 0.2) is 53.0 Å².